The lowest BCUT2D eigenvalue weighted by atomic mass is 9.86. The van der Waals surface area contributed by atoms with Crippen LogP contribution in [0.3, 0.4) is 0 Å². The van der Waals surface area contributed by atoms with Gasteiger partial charge < -0.3 is 14.6 Å². The molecule has 3 heteroatoms. The van der Waals surface area contributed by atoms with E-state index in [1.807, 2.05) is 26.0 Å². The molecule has 0 saturated heterocycles. The summed E-state index contributed by atoms with van der Waals surface area (Å²) in [5.41, 5.74) is 2.29. The van der Waals surface area contributed by atoms with E-state index in [1.165, 1.54) is 5.56 Å². The molecule has 0 heterocycles. The van der Waals surface area contributed by atoms with Gasteiger partial charge in [-0.05, 0) is 30.4 Å². The molecule has 0 fully saturated rings. The van der Waals surface area contributed by atoms with Crippen molar-refractivity contribution in [3.63, 3.8) is 0 Å². The minimum Gasteiger partial charge on any atom is -0.386 e. The SMILES string of the molecule is CC(C)OCCOCC(O)c1ccc(C(C)(C)C)cc1. The molecular formula is C17H28O3. The highest BCUT2D eigenvalue weighted by molar-refractivity contribution is 5.28. The fourth-order valence-electron chi connectivity index (χ4n) is 1.84. The zero-order valence-corrected chi connectivity index (χ0v) is 13.3. The first-order valence-electron chi connectivity index (χ1n) is 7.28. The van der Waals surface area contributed by atoms with Gasteiger partial charge in [-0.25, -0.2) is 0 Å². The molecule has 1 unspecified atom stereocenters. The number of rotatable bonds is 7. The van der Waals surface area contributed by atoms with Gasteiger partial charge in [0.05, 0.1) is 25.9 Å². The Bertz CT molecular complexity index is 376. The molecule has 0 radical (unpaired) electrons. The van der Waals surface area contributed by atoms with Crippen LogP contribution in [0.15, 0.2) is 24.3 Å². The van der Waals surface area contributed by atoms with E-state index in [2.05, 4.69) is 32.9 Å². The number of benzene rings is 1. The number of hydrogen-bond donors (Lipinski definition) is 1. The van der Waals surface area contributed by atoms with Crippen LogP contribution in [0.4, 0.5) is 0 Å². The van der Waals surface area contributed by atoms with Gasteiger partial charge >= 0.3 is 0 Å². The summed E-state index contributed by atoms with van der Waals surface area (Å²) in [7, 11) is 0. The molecule has 1 rings (SSSR count). The zero-order valence-electron chi connectivity index (χ0n) is 13.3. The number of ether oxygens (including phenoxy) is 2. The van der Waals surface area contributed by atoms with Crippen molar-refractivity contribution < 1.29 is 14.6 Å². The second-order valence-corrected chi connectivity index (χ2v) is 6.38. The van der Waals surface area contributed by atoms with Crippen molar-refractivity contribution in [3.8, 4) is 0 Å². The normalized spacial score (nSPS) is 13.8. The van der Waals surface area contributed by atoms with Gasteiger partial charge in [0, 0.05) is 0 Å². The van der Waals surface area contributed by atoms with E-state index in [0.29, 0.717) is 19.8 Å². The summed E-state index contributed by atoms with van der Waals surface area (Å²) in [5.74, 6) is 0. The number of aliphatic hydroxyl groups is 1. The Morgan fingerprint density at radius 3 is 2.15 bits per heavy atom. The Labute approximate surface area is 122 Å². The van der Waals surface area contributed by atoms with E-state index in [1.54, 1.807) is 0 Å². The maximum absolute atomic E-state index is 10.1. The van der Waals surface area contributed by atoms with Crippen LogP contribution in [0.1, 0.15) is 51.8 Å². The molecule has 1 N–H and O–H groups in total. The largest absolute Gasteiger partial charge is 0.386 e. The first-order chi connectivity index (χ1) is 9.30. The van der Waals surface area contributed by atoms with Gasteiger partial charge in [0.15, 0.2) is 0 Å². The van der Waals surface area contributed by atoms with Crippen molar-refractivity contribution >= 4 is 0 Å². The fourth-order valence-corrected chi connectivity index (χ4v) is 1.84. The van der Waals surface area contributed by atoms with Crippen molar-refractivity contribution in [2.24, 2.45) is 0 Å². The molecule has 114 valence electrons. The standard InChI is InChI=1S/C17H28O3/c1-13(2)20-11-10-19-12-16(18)14-6-8-15(9-7-14)17(3,4)5/h6-9,13,16,18H,10-12H2,1-5H3. The minimum atomic E-state index is -0.580. The molecule has 0 bridgehead atoms. The molecular weight excluding hydrogens is 252 g/mol. The van der Waals surface area contributed by atoms with Gasteiger partial charge in [-0.1, -0.05) is 45.0 Å². The Hall–Kier alpha value is -0.900. The van der Waals surface area contributed by atoms with E-state index in [9.17, 15) is 5.11 Å². The minimum absolute atomic E-state index is 0.133. The zero-order chi connectivity index (χ0) is 15.2. The predicted octanol–water partition coefficient (Wildman–Crippen LogP) is 3.46. The third kappa shape index (κ3) is 6.04. The van der Waals surface area contributed by atoms with Crippen molar-refractivity contribution in [1.29, 1.82) is 0 Å². The molecule has 0 saturated carbocycles. The summed E-state index contributed by atoms with van der Waals surface area (Å²) in [6.45, 7) is 11.9. The summed E-state index contributed by atoms with van der Waals surface area (Å²) >= 11 is 0. The van der Waals surface area contributed by atoms with Crippen LogP contribution in [-0.4, -0.2) is 31.0 Å². The molecule has 1 atom stereocenters. The average molecular weight is 280 g/mol. The molecule has 1 aromatic carbocycles. The van der Waals surface area contributed by atoms with Crippen LogP contribution in [0, 0.1) is 0 Å². The molecule has 0 amide bonds. The molecule has 0 spiro atoms. The molecule has 1 aromatic rings. The third-order valence-corrected chi connectivity index (χ3v) is 3.12. The highest BCUT2D eigenvalue weighted by atomic mass is 16.5. The summed E-state index contributed by atoms with van der Waals surface area (Å²) < 4.78 is 10.8. The molecule has 20 heavy (non-hydrogen) atoms. The van der Waals surface area contributed by atoms with Gasteiger partial charge in [0.2, 0.25) is 0 Å². The van der Waals surface area contributed by atoms with Crippen molar-refractivity contribution in [1.82, 2.24) is 0 Å². The van der Waals surface area contributed by atoms with Crippen molar-refractivity contribution in [2.75, 3.05) is 19.8 Å². The average Bonchev–Trinajstić information content (AvgIpc) is 2.37. The molecule has 3 nitrogen and oxygen atoms in total. The van der Waals surface area contributed by atoms with E-state index >= 15 is 0 Å². The van der Waals surface area contributed by atoms with Crippen LogP contribution in [0.2, 0.25) is 0 Å². The molecule has 0 aliphatic heterocycles. The van der Waals surface area contributed by atoms with Gasteiger partial charge in [-0.2, -0.15) is 0 Å². The van der Waals surface area contributed by atoms with Gasteiger partial charge in [0.25, 0.3) is 0 Å². The van der Waals surface area contributed by atoms with Crippen molar-refractivity contribution in [2.45, 2.75) is 52.2 Å². The topological polar surface area (TPSA) is 38.7 Å². The maximum atomic E-state index is 10.1. The van der Waals surface area contributed by atoms with Crippen LogP contribution in [0.5, 0.6) is 0 Å². The molecule has 0 aliphatic carbocycles. The van der Waals surface area contributed by atoms with Crippen LogP contribution >= 0.6 is 0 Å². The number of hydrogen-bond acceptors (Lipinski definition) is 3. The van der Waals surface area contributed by atoms with Gasteiger partial charge in [-0.15, -0.1) is 0 Å². The van der Waals surface area contributed by atoms with E-state index in [-0.39, 0.29) is 11.5 Å². The van der Waals surface area contributed by atoms with Crippen LogP contribution in [-0.2, 0) is 14.9 Å². The maximum Gasteiger partial charge on any atom is 0.102 e. The van der Waals surface area contributed by atoms with Crippen LogP contribution in [0.25, 0.3) is 0 Å². The monoisotopic (exact) mass is 280 g/mol. The lowest BCUT2D eigenvalue weighted by Gasteiger charge is -2.20. The summed E-state index contributed by atoms with van der Waals surface area (Å²) in [5, 5.41) is 10.1. The first kappa shape index (κ1) is 17.2. The quantitative estimate of drug-likeness (QED) is 0.777. The van der Waals surface area contributed by atoms with E-state index in [0.717, 1.165) is 5.56 Å². The van der Waals surface area contributed by atoms with Gasteiger partial charge in [0.1, 0.15) is 6.10 Å². The highest BCUT2D eigenvalue weighted by Gasteiger charge is 2.14. The summed E-state index contributed by atoms with van der Waals surface area (Å²) in [4.78, 5) is 0. The molecule has 0 aromatic heterocycles. The lowest BCUT2D eigenvalue weighted by molar-refractivity contribution is -0.0110. The van der Waals surface area contributed by atoms with E-state index in [4.69, 9.17) is 9.47 Å². The second kappa shape index (κ2) is 7.77. The molecule has 0 aliphatic rings. The summed E-state index contributed by atoms with van der Waals surface area (Å²) in [6, 6.07) is 8.08. The number of aliphatic hydroxyl groups excluding tert-OH is 1. The van der Waals surface area contributed by atoms with Crippen molar-refractivity contribution in [3.05, 3.63) is 35.4 Å². The Morgan fingerprint density at radius 2 is 1.65 bits per heavy atom. The van der Waals surface area contributed by atoms with Crippen LogP contribution < -0.4 is 0 Å². The Balaban J connectivity index is 2.38. The smallest absolute Gasteiger partial charge is 0.102 e. The lowest BCUT2D eigenvalue weighted by Crippen LogP contribution is -2.14. The highest BCUT2D eigenvalue weighted by Crippen LogP contribution is 2.24. The third-order valence-electron chi connectivity index (χ3n) is 3.12. The first-order valence-corrected chi connectivity index (χ1v) is 7.28. The Kier molecular flexibility index (Phi) is 6.66. The van der Waals surface area contributed by atoms with E-state index < -0.39 is 6.10 Å². The predicted molar refractivity (Wildman–Crippen MR) is 82.0 cm³/mol. The Morgan fingerprint density at radius 1 is 1.05 bits per heavy atom. The fraction of sp³-hybridized carbons (Fsp3) is 0.647. The van der Waals surface area contributed by atoms with Gasteiger partial charge in [-0.3, -0.25) is 0 Å². The second-order valence-electron chi connectivity index (χ2n) is 6.38. The summed E-state index contributed by atoms with van der Waals surface area (Å²) in [6.07, 6.45) is -0.364.